The number of hydrogen-bond donors (Lipinski definition) is 1. The first-order valence-electron chi connectivity index (χ1n) is 4.14. The molecule has 1 N–H and O–H groups in total. The van der Waals surface area contributed by atoms with Crippen molar-refractivity contribution in [3.63, 3.8) is 0 Å². The molecule has 14 heavy (non-hydrogen) atoms. The van der Waals surface area contributed by atoms with Crippen molar-refractivity contribution in [3.05, 3.63) is 40.4 Å². The number of nitrogens with zero attached hydrogens (tertiary/aromatic N) is 2. The number of fused-ring (bicyclic) bond motifs is 1. The summed E-state index contributed by atoms with van der Waals surface area (Å²) in [5.74, 6) is 0. The molecule has 0 fully saturated rings. The molecule has 68 valence electrons. The van der Waals surface area contributed by atoms with Gasteiger partial charge in [0.1, 0.15) is 0 Å². The van der Waals surface area contributed by atoms with Crippen LogP contribution in [0.1, 0.15) is 5.56 Å². The zero-order valence-electron chi connectivity index (χ0n) is 7.32. The van der Waals surface area contributed by atoms with Gasteiger partial charge in [0.25, 0.3) is 0 Å². The van der Waals surface area contributed by atoms with Crippen LogP contribution < -0.4 is 5.69 Å². The van der Waals surface area contributed by atoms with E-state index in [0.717, 1.165) is 16.5 Å². The number of nitriles is 1. The van der Waals surface area contributed by atoms with Crippen molar-refractivity contribution in [1.29, 1.82) is 5.26 Å². The van der Waals surface area contributed by atoms with Gasteiger partial charge in [-0.05, 0) is 11.6 Å². The Labute approximate surface area is 79.8 Å². The molecule has 0 unspecified atom stereocenters. The van der Waals surface area contributed by atoms with Crippen LogP contribution in [0.4, 0.5) is 0 Å². The number of nitrogens with one attached hydrogen (secondary N) is 1. The number of H-pyrrole nitrogens is 1. The molecule has 0 radical (unpaired) electrons. The Morgan fingerprint density at radius 3 is 3.14 bits per heavy atom. The normalized spacial score (nSPS) is 9.93. The molecule has 0 aliphatic carbocycles. The first kappa shape index (κ1) is 8.45. The van der Waals surface area contributed by atoms with Crippen LogP contribution in [-0.4, -0.2) is 9.97 Å². The maximum Gasteiger partial charge on any atom is 0.345 e. The Kier molecular flexibility index (Phi) is 1.99. The van der Waals surface area contributed by atoms with Gasteiger partial charge in [-0.3, -0.25) is 0 Å². The summed E-state index contributed by atoms with van der Waals surface area (Å²) >= 11 is 0. The van der Waals surface area contributed by atoms with E-state index in [-0.39, 0.29) is 5.69 Å². The number of rotatable bonds is 1. The molecule has 0 aliphatic heterocycles. The zero-order valence-corrected chi connectivity index (χ0v) is 7.32. The molecule has 1 aromatic heterocycles. The van der Waals surface area contributed by atoms with E-state index in [0.29, 0.717) is 6.42 Å². The molecule has 0 aliphatic rings. The maximum absolute atomic E-state index is 10.9. The molecule has 4 nitrogen and oxygen atoms in total. The van der Waals surface area contributed by atoms with Gasteiger partial charge < -0.3 is 4.98 Å². The Morgan fingerprint density at radius 1 is 1.50 bits per heavy atom. The smallest absolute Gasteiger partial charge is 0.305 e. The molecule has 1 heterocycles. The average Bonchev–Trinajstić information content (AvgIpc) is 2.17. The van der Waals surface area contributed by atoms with Crippen LogP contribution in [-0.2, 0) is 6.42 Å². The maximum atomic E-state index is 10.9. The summed E-state index contributed by atoms with van der Waals surface area (Å²) in [4.78, 5) is 17.1. The van der Waals surface area contributed by atoms with Gasteiger partial charge in [0.15, 0.2) is 0 Å². The largest absolute Gasteiger partial charge is 0.345 e. The first-order valence-corrected chi connectivity index (χ1v) is 4.14. The van der Waals surface area contributed by atoms with E-state index in [4.69, 9.17) is 5.26 Å². The molecule has 1 aromatic carbocycles. The lowest BCUT2D eigenvalue weighted by atomic mass is 10.1. The van der Waals surface area contributed by atoms with E-state index in [1.165, 1.54) is 6.20 Å². The van der Waals surface area contributed by atoms with E-state index in [1.807, 2.05) is 12.1 Å². The van der Waals surface area contributed by atoms with Crippen molar-refractivity contribution in [2.75, 3.05) is 0 Å². The fraction of sp³-hybridized carbons (Fsp3) is 0.100. The first-order chi connectivity index (χ1) is 6.79. The zero-order chi connectivity index (χ0) is 9.97. The van der Waals surface area contributed by atoms with Gasteiger partial charge in [0.2, 0.25) is 0 Å². The second kappa shape index (κ2) is 3.30. The van der Waals surface area contributed by atoms with Gasteiger partial charge in [-0.1, -0.05) is 12.1 Å². The van der Waals surface area contributed by atoms with E-state index in [1.54, 1.807) is 6.07 Å². The third-order valence-corrected chi connectivity index (χ3v) is 1.96. The highest BCUT2D eigenvalue weighted by Gasteiger charge is 1.97. The van der Waals surface area contributed by atoms with Gasteiger partial charge >= 0.3 is 5.69 Å². The molecule has 0 atom stereocenters. The molecule has 0 saturated carbocycles. The highest BCUT2D eigenvalue weighted by molar-refractivity contribution is 5.77. The minimum Gasteiger partial charge on any atom is -0.305 e. The minimum absolute atomic E-state index is 0.348. The van der Waals surface area contributed by atoms with Crippen LogP contribution in [0.25, 0.3) is 10.9 Å². The number of aromatic amines is 1. The van der Waals surface area contributed by atoms with Crippen molar-refractivity contribution in [2.24, 2.45) is 0 Å². The second-order valence-corrected chi connectivity index (χ2v) is 2.94. The Hall–Kier alpha value is -2.15. The van der Waals surface area contributed by atoms with Crippen LogP contribution in [0, 0.1) is 11.3 Å². The summed E-state index contributed by atoms with van der Waals surface area (Å²) in [5.41, 5.74) is 1.24. The van der Waals surface area contributed by atoms with Crippen molar-refractivity contribution in [2.45, 2.75) is 6.42 Å². The summed E-state index contributed by atoms with van der Waals surface area (Å²) < 4.78 is 0. The van der Waals surface area contributed by atoms with E-state index >= 15 is 0 Å². The van der Waals surface area contributed by atoms with Crippen molar-refractivity contribution < 1.29 is 0 Å². The van der Waals surface area contributed by atoms with E-state index in [9.17, 15) is 4.79 Å². The Balaban J connectivity index is 2.65. The summed E-state index contributed by atoms with van der Waals surface area (Å²) in [6.45, 7) is 0. The molecule has 0 bridgehead atoms. The van der Waals surface area contributed by atoms with Crippen molar-refractivity contribution in [1.82, 2.24) is 9.97 Å². The van der Waals surface area contributed by atoms with Crippen LogP contribution in [0.2, 0.25) is 0 Å². The summed E-state index contributed by atoms with van der Waals surface area (Å²) in [6.07, 6.45) is 1.87. The van der Waals surface area contributed by atoms with E-state index < -0.39 is 0 Å². The van der Waals surface area contributed by atoms with Crippen LogP contribution >= 0.6 is 0 Å². The van der Waals surface area contributed by atoms with Gasteiger partial charge in [0.05, 0.1) is 18.0 Å². The monoisotopic (exact) mass is 185 g/mol. The molecule has 2 aromatic rings. The van der Waals surface area contributed by atoms with Gasteiger partial charge in [-0.15, -0.1) is 0 Å². The standard InChI is InChI=1S/C10H7N3O/c11-4-3-7-1-2-8-6-12-10(14)13-9(8)5-7/h1-2,5-6H,3H2,(H,12,13,14). The predicted octanol–water partition coefficient (Wildman–Crippen LogP) is 0.989. The second-order valence-electron chi connectivity index (χ2n) is 2.94. The fourth-order valence-corrected chi connectivity index (χ4v) is 1.30. The Bertz CT molecular complexity index is 565. The molecular weight excluding hydrogens is 178 g/mol. The summed E-state index contributed by atoms with van der Waals surface area (Å²) in [5, 5.41) is 9.38. The third-order valence-electron chi connectivity index (χ3n) is 1.96. The van der Waals surface area contributed by atoms with Crippen molar-refractivity contribution in [3.8, 4) is 6.07 Å². The van der Waals surface area contributed by atoms with Crippen molar-refractivity contribution >= 4 is 10.9 Å². The predicted molar refractivity (Wildman–Crippen MR) is 51.7 cm³/mol. The number of aromatic nitrogens is 2. The highest BCUT2D eigenvalue weighted by atomic mass is 16.1. The molecular formula is C10H7N3O. The van der Waals surface area contributed by atoms with Crippen LogP contribution in [0.15, 0.2) is 29.2 Å². The average molecular weight is 185 g/mol. The van der Waals surface area contributed by atoms with Crippen LogP contribution in [0.5, 0.6) is 0 Å². The number of hydrogen-bond acceptors (Lipinski definition) is 3. The Morgan fingerprint density at radius 2 is 2.36 bits per heavy atom. The lowest BCUT2D eigenvalue weighted by Gasteiger charge is -1.98. The minimum atomic E-state index is -0.369. The third kappa shape index (κ3) is 1.48. The molecule has 0 spiro atoms. The summed E-state index contributed by atoms with van der Waals surface area (Å²) in [6, 6.07) is 7.54. The molecule has 0 saturated heterocycles. The molecule has 0 amide bonds. The quantitative estimate of drug-likeness (QED) is 0.720. The lowest BCUT2D eigenvalue weighted by molar-refractivity contribution is 1.12. The van der Waals surface area contributed by atoms with Gasteiger partial charge in [-0.2, -0.15) is 5.26 Å². The number of benzene rings is 1. The highest BCUT2D eigenvalue weighted by Crippen LogP contribution is 2.11. The molecule has 4 heteroatoms. The van der Waals surface area contributed by atoms with Gasteiger partial charge in [-0.25, -0.2) is 9.78 Å². The fourth-order valence-electron chi connectivity index (χ4n) is 1.30. The van der Waals surface area contributed by atoms with E-state index in [2.05, 4.69) is 16.0 Å². The SMILES string of the molecule is N#CCc1ccc2cnc(=O)[nH]c2c1. The topological polar surface area (TPSA) is 69.5 Å². The lowest BCUT2D eigenvalue weighted by Crippen LogP contribution is -2.08. The van der Waals surface area contributed by atoms with Crippen LogP contribution in [0.3, 0.4) is 0 Å². The molecule has 2 rings (SSSR count). The summed E-state index contributed by atoms with van der Waals surface area (Å²) in [7, 11) is 0. The van der Waals surface area contributed by atoms with Gasteiger partial charge in [0, 0.05) is 11.6 Å².